The van der Waals surface area contributed by atoms with Crippen molar-refractivity contribution < 1.29 is 14.0 Å². The summed E-state index contributed by atoms with van der Waals surface area (Å²) >= 11 is 12.1. The van der Waals surface area contributed by atoms with Crippen LogP contribution in [0.1, 0.15) is 27.1 Å². The molecular formula is C19H17Cl2FN2O2. The Bertz CT molecular complexity index is 844. The first-order valence-corrected chi connectivity index (χ1v) is 9.01. The van der Waals surface area contributed by atoms with Gasteiger partial charge in [-0.1, -0.05) is 41.4 Å². The SMILES string of the molecule is O=C(c1ccccc1F)N1CCCN(C(=O)c2cccc(Cl)c2Cl)CC1. The maximum Gasteiger partial charge on any atom is 0.256 e. The summed E-state index contributed by atoms with van der Waals surface area (Å²) in [7, 11) is 0. The van der Waals surface area contributed by atoms with E-state index in [4.69, 9.17) is 23.2 Å². The van der Waals surface area contributed by atoms with Gasteiger partial charge in [0.15, 0.2) is 0 Å². The molecule has 0 radical (unpaired) electrons. The fourth-order valence-electron chi connectivity index (χ4n) is 2.97. The summed E-state index contributed by atoms with van der Waals surface area (Å²) in [6.07, 6.45) is 0.601. The molecule has 1 fully saturated rings. The number of carbonyl (C=O) groups is 2. The van der Waals surface area contributed by atoms with Crippen LogP contribution >= 0.6 is 23.2 Å². The normalized spacial score (nSPS) is 14.9. The standard InChI is InChI=1S/C19H17Cl2FN2O2/c20-15-7-3-6-14(17(15)21)19(26)24-10-4-9-23(11-12-24)18(25)13-5-1-2-8-16(13)22/h1-3,5-8H,4,9-12H2. The highest BCUT2D eigenvalue weighted by Crippen LogP contribution is 2.27. The van der Waals surface area contributed by atoms with Gasteiger partial charge in [-0.2, -0.15) is 0 Å². The molecule has 2 amide bonds. The number of hydrogen-bond acceptors (Lipinski definition) is 2. The Morgan fingerprint density at radius 2 is 1.38 bits per heavy atom. The molecule has 0 unspecified atom stereocenters. The monoisotopic (exact) mass is 394 g/mol. The first kappa shape index (κ1) is 18.7. The minimum atomic E-state index is -0.541. The minimum Gasteiger partial charge on any atom is -0.337 e. The fraction of sp³-hybridized carbons (Fsp3) is 0.263. The predicted molar refractivity (Wildman–Crippen MR) is 99.3 cm³/mol. The zero-order valence-corrected chi connectivity index (χ0v) is 15.4. The van der Waals surface area contributed by atoms with Gasteiger partial charge in [-0.25, -0.2) is 4.39 Å². The van der Waals surface area contributed by atoms with E-state index in [9.17, 15) is 14.0 Å². The number of hydrogen-bond donors (Lipinski definition) is 0. The van der Waals surface area contributed by atoms with Crippen LogP contribution in [0.4, 0.5) is 4.39 Å². The van der Waals surface area contributed by atoms with Crippen LogP contribution in [0.3, 0.4) is 0 Å². The van der Waals surface area contributed by atoms with Crippen LogP contribution in [0, 0.1) is 5.82 Å². The number of carbonyl (C=O) groups excluding carboxylic acids is 2. The van der Waals surface area contributed by atoms with Crippen molar-refractivity contribution in [2.45, 2.75) is 6.42 Å². The number of benzene rings is 2. The van der Waals surface area contributed by atoms with Crippen LogP contribution in [-0.4, -0.2) is 47.8 Å². The predicted octanol–water partition coefficient (Wildman–Crippen LogP) is 4.12. The van der Waals surface area contributed by atoms with Gasteiger partial charge in [0.2, 0.25) is 0 Å². The Labute approximate surface area is 161 Å². The zero-order valence-electron chi connectivity index (χ0n) is 13.9. The zero-order chi connectivity index (χ0) is 18.7. The van der Waals surface area contributed by atoms with E-state index < -0.39 is 5.82 Å². The molecule has 3 rings (SSSR count). The molecule has 1 aliphatic rings. The quantitative estimate of drug-likeness (QED) is 0.768. The largest absolute Gasteiger partial charge is 0.337 e. The molecule has 0 aromatic heterocycles. The van der Waals surface area contributed by atoms with Crippen molar-refractivity contribution in [1.82, 2.24) is 9.80 Å². The molecule has 0 N–H and O–H groups in total. The molecule has 136 valence electrons. The van der Waals surface area contributed by atoms with Gasteiger partial charge in [-0.3, -0.25) is 9.59 Å². The van der Waals surface area contributed by atoms with E-state index >= 15 is 0 Å². The molecule has 0 saturated carbocycles. The maximum atomic E-state index is 13.9. The van der Waals surface area contributed by atoms with Crippen molar-refractivity contribution in [1.29, 1.82) is 0 Å². The van der Waals surface area contributed by atoms with Gasteiger partial charge in [0, 0.05) is 26.2 Å². The smallest absolute Gasteiger partial charge is 0.256 e. The number of amides is 2. The van der Waals surface area contributed by atoms with Gasteiger partial charge >= 0.3 is 0 Å². The van der Waals surface area contributed by atoms with Gasteiger partial charge in [-0.15, -0.1) is 0 Å². The molecule has 4 nitrogen and oxygen atoms in total. The molecule has 1 saturated heterocycles. The fourth-order valence-corrected chi connectivity index (χ4v) is 3.35. The van der Waals surface area contributed by atoms with E-state index in [0.29, 0.717) is 43.2 Å². The highest BCUT2D eigenvalue weighted by molar-refractivity contribution is 6.43. The van der Waals surface area contributed by atoms with Crippen LogP contribution in [0.2, 0.25) is 10.0 Å². The van der Waals surface area contributed by atoms with Gasteiger partial charge in [-0.05, 0) is 30.7 Å². The van der Waals surface area contributed by atoms with E-state index in [2.05, 4.69) is 0 Å². The van der Waals surface area contributed by atoms with E-state index in [1.165, 1.54) is 12.1 Å². The van der Waals surface area contributed by atoms with Gasteiger partial charge < -0.3 is 9.80 Å². The van der Waals surface area contributed by atoms with E-state index in [-0.39, 0.29) is 22.4 Å². The second-order valence-corrected chi connectivity index (χ2v) is 6.80. The third-order valence-corrected chi connectivity index (χ3v) is 5.18. The molecule has 7 heteroatoms. The Morgan fingerprint density at radius 3 is 2.04 bits per heavy atom. The Morgan fingerprint density at radius 1 is 0.808 bits per heavy atom. The molecule has 0 aliphatic carbocycles. The molecular weight excluding hydrogens is 378 g/mol. The molecule has 0 bridgehead atoms. The molecule has 26 heavy (non-hydrogen) atoms. The van der Waals surface area contributed by atoms with Crippen LogP contribution in [0.15, 0.2) is 42.5 Å². The van der Waals surface area contributed by atoms with Crippen LogP contribution < -0.4 is 0 Å². The number of halogens is 3. The Balaban J connectivity index is 1.72. The summed E-state index contributed by atoms with van der Waals surface area (Å²) in [4.78, 5) is 28.5. The van der Waals surface area contributed by atoms with Gasteiger partial charge in [0.25, 0.3) is 11.8 Å². The van der Waals surface area contributed by atoms with Crippen molar-refractivity contribution in [2.75, 3.05) is 26.2 Å². The molecule has 2 aromatic rings. The van der Waals surface area contributed by atoms with Crippen molar-refractivity contribution in [3.8, 4) is 0 Å². The summed E-state index contributed by atoms with van der Waals surface area (Å²) < 4.78 is 13.9. The van der Waals surface area contributed by atoms with E-state index in [0.717, 1.165) is 0 Å². The topological polar surface area (TPSA) is 40.6 Å². The lowest BCUT2D eigenvalue weighted by Gasteiger charge is -2.23. The molecule has 2 aromatic carbocycles. The highest BCUT2D eigenvalue weighted by Gasteiger charge is 2.26. The summed E-state index contributed by atoms with van der Waals surface area (Å²) in [5.74, 6) is -1.13. The summed E-state index contributed by atoms with van der Waals surface area (Å²) in [5, 5.41) is 0.548. The second-order valence-electron chi connectivity index (χ2n) is 6.02. The van der Waals surface area contributed by atoms with Gasteiger partial charge in [0.05, 0.1) is 21.2 Å². The number of nitrogens with zero attached hydrogens (tertiary/aromatic N) is 2. The Kier molecular flexibility index (Phi) is 5.79. The average molecular weight is 395 g/mol. The lowest BCUT2D eigenvalue weighted by atomic mass is 10.2. The van der Waals surface area contributed by atoms with Crippen LogP contribution in [0.25, 0.3) is 0 Å². The van der Waals surface area contributed by atoms with Crippen LogP contribution in [0.5, 0.6) is 0 Å². The summed E-state index contributed by atoms with van der Waals surface area (Å²) in [5.41, 5.74) is 0.387. The molecule has 1 heterocycles. The van der Waals surface area contributed by atoms with Crippen molar-refractivity contribution in [3.05, 3.63) is 69.5 Å². The lowest BCUT2D eigenvalue weighted by Crippen LogP contribution is -2.37. The third-order valence-electron chi connectivity index (χ3n) is 4.36. The first-order valence-electron chi connectivity index (χ1n) is 8.26. The summed E-state index contributed by atoms with van der Waals surface area (Å²) in [6, 6.07) is 10.8. The molecule has 0 atom stereocenters. The lowest BCUT2D eigenvalue weighted by molar-refractivity contribution is 0.0716. The van der Waals surface area contributed by atoms with Crippen molar-refractivity contribution in [3.63, 3.8) is 0 Å². The highest BCUT2D eigenvalue weighted by atomic mass is 35.5. The second kappa shape index (κ2) is 8.06. The van der Waals surface area contributed by atoms with E-state index in [1.54, 1.807) is 40.1 Å². The molecule has 1 aliphatic heterocycles. The van der Waals surface area contributed by atoms with Crippen molar-refractivity contribution in [2.24, 2.45) is 0 Å². The number of rotatable bonds is 2. The first-order chi connectivity index (χ1) is 12.5. The van der Waals surface area contributed by atoms with Gasteiger partial charge in [0.1, 0.15) is 5.82 Å². The Hall–Kier alpha value is -2.11. The summed E-state index contributed by atoms with van der Waals surface area (Å²) in [6.45, 7) is 1.63. The average Bonchev–Trinajstić information content (AvgIpc) is 2.89. The van der Waals surface area contributed by atoms with Crippen LogP contribution in [-0.2, 0) is 0 Å². The van der Waals surface area contributed by atoms with E-state index in [1.807, 2.05) is 0 Å². The van der Waals surface area contributed by atoms with Crippen molar-refractivity contribution >= 4 is 35.0 Å². The maximum absolute atomic E-state index is 13.9. The molecule has 0 spiro atoms. The minimum absolute atomic E-state index is 0.0464. The third kappa shape index (κ3) is 3.84.